The highest BCUT2D eigenvalue weighted by Crippen LogP contribution is 2.31. The number of nitrogens with zero attached hydrogens (tertiary/aromatic N) is 1. The van der Waals surface area contributed by atoms with Crippen LogP contribution in [0.3, 0.4) is 0 Å². The number of benzene rings is 1. The van der Waals surface area contributed by atoms with Crippen molar-refractivity contribution in [2.24, 2.45) is 5.84 Å². The molecular formula is C14H17BrN4. The molecule has 0 spiro atoms. The Balaban J connectivity index is 2.52. The maximum Gasteiger partial charge on any atom is 0.128 e. The lowest BCUT2D eigenvalue weighted by Gasteiger charge is -2.20. The van der Waals surface area contributed by atoms with E-state index in [1.165, 1.54) is 5.56 Å². The molecular weight excluding hydrogens is 304 g/mol. The predicted molar refractivity (Wildman–Crippen MR) is 81.4 cm³/mol. The maximum absolute atomic E-state index is 5.96. The average molecular weight is 321 g/mol. The van der Waals surface area contributed by atoms with Gasteiger partial charge in [-0.1, -0.05) is 28.1 Å². The van der Waals surface area contributed by atoms with Gasteiger partial charge in [0.1, 0.15) is 5.82 Å². The van der Waals surface area contributed by atoms with Crippen LogP contribution >= 0.6 is 15.9 Å². The van der Waals surface area contributed by atoms with Crippen molar-refractivity contribution in [1.29, 1.82) is 0 Å². The molecule has 4 nitrogen and oxygen atoms in total. The minimum atomic E-state index is -0.192. The third-order valence-corrected chi connectivity index (χ3v) is 3.72. The first-order valence-corrected chi connectivity index (χ1v) is 6.76. The molecule has 0 aliphatic heterocycles. The number of halogens is 1. The number of anilines is 1. The van der Waals surface area contributed by atoms with Gasteiger partial charge in [-0.05, 0) is 42.7 Å². The molecule has 19 heavy (non-hydrogen) atoms. The zero-order valence-electron chi connectivity index (χ0n) is 10.9. The predicted octanol–water partition coefficient (Wildman–Crippen LogP) is 2.60. The summed E-state index contributed by atoms with van der Waals surface area (Å²) < 4.78 is 0.997. The molecule has 0 radical (unpaired) electrons. The molecule has 1 heterocycles. The van der Waals surface area contributed by atoms with Gasteiger partial charge < -0.3 is 5.73 Å². The number of hydrogen-bond acceptors (Lipinski definition) is 4. The fourth-order valence-electron chi connectivity index (χ4n) is 2.05. The molecule has 0 saturated carbocycles. The van der Waals surface area contributed by atoms with E-state index >= 15 is 0 Å². The van der Waals surface area contributed by atoms with Crippen LogP contribution in [0, 0.1) is 13.8 Å². The van der Waals surface area contributed by atoms with E-state index in [1.807, 2.05) is 32.0 Å². The second-order valence-electron chi connectivity index (χ2n) is 4.61. The third-order valence-electron chi connectivity index (χ3n) is 3.03. The summed E-state index contributed by atoms with van der Waals surface area (Å²) in [6.45, 7) is 4.02. The number of pyridine rings is 1. The molecule has 5 heteroatoms. The summed E-state index contributed by atoms with van der Waals surface area (Å²) in [7, 11) is 0. The second-order valence-corrected chi connectivity index (χ2v) is 5.47. The van der Waals surface area contributed by atoms with Crippen molar-refractivity contribution in [3.63, 3.8) is 0 Å². The zero-order valence-corrected chi connectivity index (χ0v) is 12.5. The minimum absolute atomic E-state index is 0.192. The monoisotopic (exact) mass is 320 g/mol. The number of nitrogen functional groups attached to an aromatic ring is 1. The average Bonchev–Trinajstić information content (AvgIpc) is 2.36. The lowest BCUT2D eigenvalue weighted by Crippen LogP contribution is -2.30. The fourth-order valence-corrected chi connectivity index (χ4v) is 2.77. The molecule has 0 aliphatic rings. The van der Waals surface area contributed by atoms with Crippen LogP contribution in [0.15, 0.2) is 34.9 Å². The van der Waals surface area contributed by atoms with Crippen LogP contribution in [-0.2, 0) is 0 Å². The summed E-state index contributed by atoms with van der Waals surface area (Å²) in [4.78, 5) is 4.19. The van der Waals surface area contributed by atoms with Crippen molar-refractivity contribution in [1.82, 2.24) is 10.4 Å². The Morgan fingerprint density at radius 1 is 1.16 bits per heavy atom. The van der Waals surface area contributed by atoms with Crippen molar-refractivity contribution >= 4 is 21.7 Å². The normalized spacial score (nSPS) is 12.4. The molecule has 0 fully saturated rings. The SMILES string of the molecule is Cc1ccc(C(NN)c2cc(C)cnc2N)c(Br)c1. The molecule has 1 aromatic heterocycles. The van der Waals surface area contributed by atoms with Crippen molar-refractivity contribution < 1.29 is 0 Å². The van der Waals surface area contributed by atoms with Crippen LogP contribution in [0.1, 0.15) is 28.3 Å². The summed E-state index contributed by atoms with van der Waals surface area (Å²) >= 11 is 3.57. The highest BCUT2D eigenvalue weighted by molar-refractivity contribution is 9.10. The number of aryl methyl sites for hydroxylation is 2. The lowest BCUT2D eigenvalue weighted by molar-refractivity contribution is 0.634. The van der Waals surface area contributed by atoms with E-state index in [4.69, 9.17) is 11.6 Å². The van der Waals surface area contributed by atoms with Crippen LogP contribution < -0.4 is 17.0 Å². The van der Waals surface area contributed by atoms with E-state index in [9.17, 15) is 0 Å². The lowest BCUT2D eigenvalue weighted by atomic mass is 9.98. The van der Waals surface area contributed by atoms with Crippen LogP contribution in [0.2, 0.25) is 0 Å². The van der Waals surface area contributed by atoms with Crippen LogP contribution in [-0.4, -0.2) is 4.98 Å². The quantitative estimate of drug-likeness (QED) is 0.600. The van der Waals surface area contributed by atoms with Crippen LogP contribution in [0.4, 0.5) is 5.82 Å². The first kappa shape index (κ1) is 14.0. The van der Waals surface area contributed by atoms with Gasteiger partial charge in [-0.3, -0.25) is 5.84 Å². The first-order valence-electron chi connectivity index (χ1n) is 5.97. The van der Waals surface area contributed by atoms with Gasteiger partial charge in [-0.2, -0.15) is 0 Å². The molecule has 2 rings (SSSR count). The minimum Gasteiger partial charge on any atom is -0.383 e. The van der Waals surface area contributed by atoms with Gasteiger partial charge in [0.05, 0.1) is 6.04 Å². The number of nitrogens with two attached hydrogens (primary N) is 2. The standard InChI is InChI=1S/C14H17BrN4/c1-8-3-4-10(12(15)6-8)13(19-17)11-5-9(2)7-18-14(11)16/h3-7,13,19H,17H2,1-2H3,(H2,16,18). The number of rotatable bonds is 3. The molecule has 5 N–H and O–H groups in total. The van der Waals surface area contributed by atoms with E-state index in [0.717, 1.165) is 21.2 Å². The van der Waals surface area contributed by atoms with Crippen molar-refractivity contribution in [2.45, 2.75) is 19.9 Å². The second kappa shape index (κ2) is 5.69. The van der Waals surface area contributed by atoms with Gasteiger partial charge in [0.2, 0.25) is 0 Å². The molecule has 0 amide bonds. The topological polar surface area (TPSA) is 77.0 Å². The molecule has 1 atom stereocenters. The van der Waals surface area contributed by atoms with Crippen molar-refractivity contribution in [2.75, 3.05) is 5.73 Å². The summed E-state index contributed by atoms with van der Waals surface area (Å²) in [5.41, 5.74) is 12.9. The molecule has 1 unspecified atom stereocenters. The van der Waals surface area contributed by atoms with E-state index in [1.54, 1.807) is 6.20 Å². The summed E-state index contributed by atoms with van der Waals surface area (Å²) in [5, 5.41) is 0. The Morgan fingerprint density at radius 2 is 1.89 bits per heavy atom. The van der Waals surface area contributed by atoms with Crippen LogP contribution in [0.25, 0.3) is 0 Å². The van der Waals surface area contributed by atoms with Gasteiger partial charge in [0, 0.05) is 16.2 Å². The van der Waals surface area contributed by atoms with E-state index in [2.05, 4.69) is 32.4 Å². The Morgan fingerprint density at radius 3 is 2.53 bits per heavy atom. The first-order chi connectivity index (χ1) is 9.02. The Labute approximate surface area is 121 Å². The third kappa shape index (κ3) is 2.94. The largest absolute Gasteiger partial charge is 0.383 e. The number of aromatic nitrogens is 1. The van der Waals surface area contributed by atoms with E-state index < -0.39 is 0 Å². The van der Waals surface area contributed by atoms with E-state index in [0.29, 0.717) is 5.82 Å². The molecule has 1 aromatic carbocycles. The van der Waals surface area contributed by atoms with Gasteiger partial charge in [0.15, 0.2) is 0 Å². The van der Waals surface area contributed by atoms with Gasteiger partial charge >= 0.3 is 0 Å². The zero-order chi connectivity index (χ0) is 14.0. The number of nitrogens with one attached hydrogen (secondary N) is 1. The van der Waals surface area contributed by atoms with Crippen molar-refractivity contribution in [3.05, 3.63) is 57.2 Å². The van der Waals surface area contributed by atoms with Gasteiger partial charge in [-0.25, -0.2) is 10.4 Å². The maximum atomic E-state index is 5.96. The molecule has 0 saturated heterocycles. The van der Waals surface area contributed by atoms with Crippen molar-refractivity contribution in [3.8, 4) is 0 Å². The van der Waals surface area contributed by atoms with Gasteiger partial charge in [0.25, 0.3) is 0 Å². The molecule has 0 aliphatic carbocycles. The number of hydrogen-bond donors (Lipinski definition) is 3. The Kier molecular flexibility index (Phi) is 4.19. The Hall–Kier alpha value is -1.43. The molecule has 2 aromatic rings. The highest BCUT2D eigenvalue weighted by Gasteiger charge is 2.18. The highest BCUT2D eigenvalue weighted by atomic mass is 79.9. The fraction of sp³-hybridized carbons (Fsp3) is 0.214. The van der Waals surface area contributed by atoms with E-state index in [-0.39, 0.29) is 6.04 Å². The van der Waals surface area contributed by atoms with Gasteiger partial charge in [-0.15, -0.1) is 0 Å². The Bertz CT molecular complexity index is 598. The van der Waals surface area contributed by atoms with Crippen LogP contribution in [0.5, 0.6) is 0 Å². The number of hydrazine groups is 1. The molecule has 100 valence electrons. The molecule has 0 bridgehead atoms. The summed E-state index contributed by atoms with van der Waals surface area (Å²) in [6.07, 6.45) is 1.75. The smallest absolute Gasteiger partial charge is 0.128 e. The summed E-state index contributed by atoms with van der Waals surface area (Å²) in [5.74, 6) is 6.20. The summed E-state index contributed by atoms with van der Waals surface area (Å²) in [6, 6.07) is 7.94.